The molecule has 10 aromatic carbocycles. The fraction of sp³-hybridized carbons (Fsp3) is 0.0161. The molecule has 0 unspecified atom stereocenters. The van der Waals surface area contributed by atoms with Gasteiger partial charge < -0.3 is 9.13 Å². The minimum Gasteiger partial charge on any atom is -0.309 e. The third-order valence-electron chi connectivity index (χ3n) is 13.8. The monoisotopic (exact) mass is 828 g/mol. The lowest BCUT2D eigenvalue weighted by Crippen LogP contribution is -2.38. The molecule has 3 nitrogen and oxygen atoms in total. The third-order valence-corrected chi connectivity index (χ3v) is 13.8. The lowest BCUT2D eigenvalue weighted by molar-refractivity contribution is 0.103. The summed E-state index contributed by atoms with van der Waals surface area (Å²) in [5, 5.41) is 4.87. The molecule has 0 spiro atoms. The van der Waals surface area contributed by atoms with E-state index < -0.39 is 5.41 Å². The fourth-order valence-electron chi connectivity index (χ4n) is 11.0. The van der Waals surface area contributed by atoms with Crippen LogP contribution in [0.5, 0.6) is 0 Å². The number of benzene rings is 10. The van der Waals surface area contributed by atoms with Gasteiger partial charge in [0.15, 0.2) is 5.78 Å². The van der Waals surface area contributed by atoms with Crippen molar-refractivity contribution >= 4 is 49.4 Å². The largest absolute Gasteiger partial charge is 0.309 e. The molecule has 1 aliphatic carbocycles. The summed E-state index contributed by atoms with van der Waals surface area (Å²) in [6.45, 7) is 0. The van der Waals surface area contributed by atoms with Gasteiger partial charge in [-0.05, 0) is 111 Å². The number of rotatable bonds is 6. The number of fused-ring (bicyclic) bond motifs is 8. The first kappa shape index (κ1) is 37.1. The maximum absolute atomic E-state index is 14.7. The van der Waals surface area contributed by atoms with E-state index in [1.807, 2.05) is 12.1 Å². The molecule has 2 heterocycles. The molecular formula is C62H40N2O. The van der Waals surface area contributed by atoms with Gasteiger partial charge in [0.25, 0.3) is 0 Å². The highest BCUT2D eigenvalue weighted by Gasteiger charge is 2.46. The van der Waals surface area contributed by atoms with Crippen LogP contribution >= 0.6 is 0 Å². The highest BCUT2D eigenvalue weighted by atomic mass is 16.1. The van der Waals surface area contributed by atoms with Crippen LogP contribution in [0.25, 0.3) is 77.2 Å². The van der Waals surface area contributed by atoms with E-state index in [1.165, 1.54) is 32.6 Å². The Morgan fingerprint density at radius 3 is 1.45 bits per heavy atom. The standard InChI is InChI=1S/C62H40N2O/c65-61-51-27-10-13-28-55(51)62(45-19-4-1-5-20-45,46-21-6-2-7-22-46)56-34-31-43(39-54(56)61)41-17-16-18-42(37-41)44-32-35-59-52(38-44)53-40-48(33-36-60(53)63(59)47-23-8-3-9-24-47)64-57-29-14-11-25-49(57)50-26-12-15-30-58(50)64/h1-40H. The van der Waals surface area contributed by atoms with Gasteiger partial charge in [0.05, 0.1) is 27.5 Å². The topological polar surface area (TPSA) is 26.9 Å². The van der Waals surface area contributed by atoms with Crippen LogP contribution in [-0.2, 0) is 5.41 Å². The number of hydrogen-bond acceptors (Lipinski definition) is 1. The number of carbonyl (C=O) groups excluding carboxylic acids is 1. The van der Waals surface area contributed by atoms with Crippen LogP contribution in [0.4, 0.5) is 0 Å². The molecule has 0 atom stereocenters. The Bertz CT molecular complexity index is 3750. The number of nitrogens with zero attached hydrogens (tertiary/aromatic N) is 2. The van der Waals surface area contributed by atoms with Gasteiger partial charge in [0.1, 0.15) is 0 Å². The minimum atomic E-state index is -0.668. The molecular weight excluding hydrogens is 789 g/mol. The first-order valence-electron chi connectivity index (χ1n) is 22.3. The predicted octanol–water partition coefficient (Wildman–Crippen LogP) is 15.1. The second-order valence-electron chi connectivity index (χ2n) is 17.2. The zero-order valence-corrected chi connectivity index (χ0v) is 35.4. The van der Waals surface area contributed by atoms with E-state index in [4.69, 9.17) is 0 Å². The first-order chi connectivity index (χ1) is 32.2. The molecule has 0 radical (unpaired) electrons. The molecule has 0 aliphatic heterocycles. The average Bonchev–Trinajstić information content (AvgIpc) is 3.89. The zero-order valence-electron chi connectivity index (χ0n) is 35.4. The Hall–Kier alpha value is -8.53. The molecule has 0 amide bonds. The van der Waals surface area contributed by atoms with Crippen LogP contribution in [0.2, 0.25) is 0 Å². The molecule has 0 saturated heterocycles. The summed E-state index contributed by atoms with van der Waals surface area (Å²) in [4.78, 5) is 14.7. The second kappa shape index (κ2) is 14.5. The van der Waals surface area contributed by atoms with Crippen LogP contribution in [0.3, 0.4) is 0 Å². The molecule has 0 bridgehead atoms. The maximum Gasteiger partial charge on any atom is 0.193 e. The van der Waals surface area contributed by atoms with E-state index in [-0.39, 0.29) is 5.78 Å². The summed E-state index contributed by atoms with van der Waals surface area (Å²) in [6.07, 6.45) is 0. The number of ketones is 1. The molecule has 0 fully saturated rings. The van der Waals surface area contributed by atoms with Crippen LogP contribution in [0.15, 0.2) is 243 Å². The minimum absolute atomic E-state index is 0.0524. The van der Waals surface area contributed by atoms with Gasteiger partial charge in [0.2, 0.25) is 0 Å². The Morgan fingerprint density at radius 2 is 0.769 bits per heavy atom. The van der Waals surface area contributed by atoms with Crippen molar-refractivity contribution in [1.29, 1.82) is 0 Å². The molecule has 0 N–H and O–H groups in total. The summed E-state index contributed by atoms with van der Waals surface area (Å²) in [5.74, 6) is 0.0524. The molecule has 304 valence electrons. The highest BCUT2D eigenvalue weighted by molar-refractivity contribution is 6.15. The Balaban J connectivity index is 0.973. The van der Waals surface area contributed by atoms with Crippen LogP contribution in [-0.4, -0.2) is 14.9 Å². The Labute approximate surface area is 376 Å². The van der Waals surface area contributed by atoms with Gasteiger partial charge in [0, 0.05) is 44.0 Å². The summed E-state index contributed by atoms with van der Waals surface area (Å²) < 4.78 is 4.78. The van der Waals surface area contributed by atoms with E-state index >= 15 is 0 Å². The van der Waals surface area contributed by atoms with Crippen LogP contribution in [0.1, 0.15) is 38.2 Å². The lowest BCUT2D eigenvalue weighted by Gasteiger charge is -2.41. The average molecular weight is 829 g/mol. The molecule has 2 aromatic heterocycles. The van der Waals surface area contributed by atoms with Gasteiger partial charge >= 0.3 is 0 Å². The normalized spacial score (nSPS) is 13.1. The molecule has 13 rings (SSSR count). The molecule has 3 heteroatoms. The van der Waals surface area contributed by atoms with Gasteiger partial charge in [-0.3, -0.25) is 4.79 Å². The van der Waals surface area contributed by atoms with Gasteiger partial charge in [-0.15, -0.1) is 0 Å². The van der Waals surface area contributed by atoms with Crippen molar-refractivity contribution in [3.05, 3.63) is 276 Å². The number of para-hydroxylation sites is 3. The van der Waals surface area contributed by atoms with Crippen molar-refractivity contribution < 1.29 is 4.79 Å². The molecule has 1 aliphatic rings. The van der Waals surface area contributed by atoms with Gasteiger partial charge in [-0.25, -0.2) is 0 Å². The van der Waals surface area contributed by atoms with Crippen LogP contribution in [0, 0.1) is 0 Å². The van der Waals surface area contributed by atoms with E-state index in [2.05, 4.69) is 240 Å². The Morgan fingerprint density at radius 1 is 0.292 bits per heavy atom. The number of hydrogen-bond donors (Lipinski definition) is 0. The fourth-order valence-corrected chi connectivity index (χ4v) is 11.0. The van der Waals surface area contributed by atoms with E-state index in [0.717, 1.165) is 78.0 Å². The number of carbonyl (C=O) groups is 1. The third kappa shape index (κ3) is 5.52. The summed E-state index contributed by atoms with van der Waals surface area (Å²) in [7, 11) is 0. The van der Waals surface area contributed by atoms with Crippen molar-refractivity contribution in [2.45, 2.75) is 5.41 Å². The van der Waals surface area contributed by atoms with Crippen molar-refractivity contribution in [1.82, 2.24) is 9.13 Å². The lowest BCUT2D eigenvalue weighted by atomic mass is 9.59. The highest BCUT2D eigenvalue weighted by Crippen LogP contribution is 2.51. The summed E-state index contributed by atoms with van der Waals surface area (Å²) >= 11 is 0. The molecule has 65 heavy (non-hydrogen) atoms. The van der Waals surface area contributed by atoms with E-state index in [0.29, 0.717) is 0 Å². The predicted molar refractivity (Wildman–Crippen MR) is 268 cm³/mol. The van der Waals surface area contributed by atoms with E-state index in [1.54, 1.807) is 0 Å². The maximum atomic E-state index is 14.7. The van der Waals surface area contributed by atoms with Crippen molar-refractivity contribution in [2.75, 3.05) is 0 Å². The smallest absolute Gasteiger partial charge is 0.193 e. The molecule has 0 saturated carbocycles. The quantitative estimate of drug-likeness (QED) is 0.164. The van der Waals surface area contributed by atoms with Gasteiger partial charge in [-0.2, -0.15) is 0 Å². The van der Waals surface area contributed by atoms with E-state index in [9.17, 15) is 4.79 Å². The number of aromatic nitrogens is 2. The second-order valence-corrected chi connectivity index (χ2v) is 17.2. The zero-order chi connectivity index (χ0) is 43.1. The SMILES string of the molecule is O=C1c2ccccc2C(c2ccccc2)(c2ccccc2)c2ccc(-c3cccc(-c4ccc5c(c4)c4cc(-n6c7ccccc7c7ccccc76)ccc4n5-c4ccccc4)c3)cc21. The summed E-state index contributed by atoms with van der Waals surface area (Å²) in [5.41, 5.74) is 16.3. The van der Waals surface area contributed by atoms with Crippen molar-refractivity contribution in [3.8, 4) is 33.6 Å². The summed E-state index contributed by atoms with van der Waals surface area (Å²) in [6, 6.07) is 86.5. The van der Waals surface area contributed by atoms with Gasteiger partial charge in [-0.1, -0.05) is 176 Å². The molecule has 12 aromatic rings. The first-order valence-corrected chi connectivity index (χ1v) is 22.3. The van der Waals surface area contributed by atoms with Crippen molar-refractivity contribution in [2.24, 2.45) is 0 Å². The Kier molecular flexibility index (Phi) is 8.28. The van der Waals surface area contributed by atoms with Crippen molar-refractivity contribution in [3.63, 3.8) is 0 Å². The van der Waals surface area contributed by atoms with Crippen LogP contribution < -0.4 is 0 Å².